The number of ketones is 1. The Morgan fingerprint density at radius 1 is 1.24 bits per heavy atom. The van der Waals surface area contributed by atoms with Crippen molar-refractivity contribution in [2.75, 3.05) is 20.3 Å². The smallest absolute Gasteiger partial charge is 0.169 e. The Balaban J connectivity index is 1.72. The Kier molecular flexibility index (Phi) is 4.13. The molecule has 2 unspecified atom stereocenters. The fraction of sp³-hybridized carbons (Fsp3) is 0.375. The number of nitrogens with zero attached hydrogens (tertiary/aromatic N) is 1. The fourth-order valence-electron chi connectivity index (χ4n) is 2.37. The number of Topliss-reactive ketones (excluding diaryl/α,β-unsaturated/α-hetero) is 1. The predicted octanol–water partition coefficient (Wildman–Crippen LogP) is 1.99. The van der Waals surface area contributed by atoms with Crippen molar-refractivity contribution in [2.45, 2.75) is 18.6 Å². The molecule has 1 aliphatic rings. The van der Waals surface area contributed by atoms with E-state index in [1.807, 2.05) is 30.3 Å². The third kappa shape index (κ3) is 2.89. The van der Waals surface area contributed by atoms with Crippen molar-refractivity contribution in [3.63, 3.8) is 0 Å². The molecule has 2 aromatic rings. The van der Waals surface area contributed by atoms with Crippen LogP contribution in [0, 0.1) is 0 Å². The van der Waals surface area contributed by atoms with Gasteiger partial charge in [-0.05, 0) is 24.3 Å². The molecule has 5 nitrogen and oxygen atoms in total. The zero-order valence-electron chi connectivity index (χ0n) is 11.8. The first-order valence-electron chi connectivity index (χ1n) is 6.93. The van der Waals surface area contributed by atoms with Crippen LogP contribution in [0.4, 0.5) is 0 Å². The normalized spacial score (nSPS) is 21.3. The second-order valence-electron chi connectivity index (χ2n) is 4.94. The second-order valence-corrected chi connectivity index (χ2v) is 4.94. The van der Waals surface area contributed by atoms with Crippen LogP contribution in [-0.2, 0) is 14.3 Å². The van der Waals surface area contributed by atoms with Crippen molar-refractivity contribution in [3.05, 3.63) is 36.5 Å². The molecule has 3 rings (SSSR count). The van der Waals surface area contributed by atoms with Gasteiger partial charge >= 0.3 is 0 Å². The first-order chi connectivity index (χ1) is 10.3. The Labute approximate surface area is 122 Å². The molecule has 1 aliphatic carbocycles. The SMILES string of the molecule is COCCOC1C(=O)CC1Oc1cccc2ncccc12. The molecule has 1 saturated carbocycles. The van der Waals surface area contributed by atoms with Gasteiger partial charge in [-0.2, -0.15) is 0 Å². The number of benzene rings is 1. The fourth-order valence-corrected chi connectivity index (χ4v) is 2.37. The minimum Gasteiger partial charge on any atom is -0.486 e. The summed E-state index contributed by atoms with van der Waals surface area (Å²) in [5.74, 6) is 0.813. The van der Waals surface area contributed by atoms with Crippen molar-refractivity contribution in [1.82, 2.24) is 4.98 Å². The number of hydrogen-bond acceptors (Lipinski definition) is 5. The molecule has 1 fully saturated rings. The van der Waals surface area contributed by atoms with E-state index in [2.05, 4.69) is 4.98 Å². The van der Waals surface area contributed by atoms with Gasteiger partial charge < -0.3 is 14.2 Å². The Bertz CT molecular complexity index is 638. The maximum atomic E-state index is 11.6. The lowest BCUT2D eigenvalue weighted by atomic mass is 9.90. The number of ether oxygens (including phenoxy) is 3. The van der Waals surface area contributed by atoms with E-state index in [0.29, 0.717) is 19.6 Å². The molecule has 0 radical (unpaired) electrons. The lowest BCUT2D eigenvalue weighted by Gasteiger charge is -2.34. The number of carbonyl (C=O) groups excluding carboxylic acids is 1. The molecule has 0 aliphatic heterocycles. The molecular formula is C16H17NO4. The summed E-state index contributed by atoms with van der Waals surface area (Å²) in [6, 6.07) is 9.54. The van der Waals surface area contributed by atoms with E-state index < -0.39 is 6.10 Å². The van der Waals surface area contributed by atoms with Crippen LogP contribution in [0.25, 0.3) is 10.9 Å². The molecule has 0 saturated heterocycles. The van der Waals surface area contributed by atoms with Crippen molar-refractivity contribution in [3.8, 4) is 5.75 Å². The van der Waals surface area contributed by atoms with Crippen LogP contribution in [0.1, 0.15) is 6.42 Å². The van der Waals surface area contributed by atoms with Gasteiger partial charge in [-0.25, -0.2) is 0 Å². The number of rotatable bonds is 6. The number of aromatic nitrogens is 1. The highest BCUT2D eigenvalue weighted by atomic mass is 16.6. The molecule has 21 heavy (non-hydrogen) atoms. The van der Waals surface area contributed by atoms with E-state index in [-0.39, 0.29) is 11.9 Å². The Morgan fingerprint density at radius 2 is 2.14 bits per heavy atom. The Morgan fingerprint density at radius 3 is 2.95 bits per heavy atom. The summed E-state index contributed by atoms with van der Waals surface area (Å²) in [6.07, 6.45) is 1.40. The molecule has 1 aromatic carbocycles. The molecule has 5 heteroatoms. The summed E-state index contributed by atoms with van der Waals surface area (Å²) in [4.78, 5) is 15.9. The summed E-state index contributed by atoms with van der Waals surface area (Å²) in [7, 11) is 1.60. The van der Waals surface area contributed by atoms with Crippen molar-refractivity contribution in [1.29, 1.82) is 0 Å². The zero-order chi connectivity index (χ0) is 14.7. The Hall–Kier alpha value is -1.98. The summed E-state index contributed by atoms with van der Waals surface area (Å²) < 4.78 is 16.4. The molecule has 0 spiro atoms. The summed E-state index contributed by atoms with van der Waals surface area (Å²) in [5, 5.41) is 0.940. The number of methoxy groups -OCH3 is 1. The van der Waals surface area contributed by atoms with Crippen LogP contribution >= 0.6 is 0 Å². The zero-order valence-corrected chi connectivity index (χ0v) is 11.8. The first kappa shape index (κ1) is 14.0. The van der Waals surface area contributed by atoms with Gasteiger partial charge in [0.1, 0.15) is 11.9 Å². The van der Waals surface area contributed by atoms with Gasteiger partial charge in [0.05, 0.1) is 18.7 Å². The third-order valence-corrected chi connectivity index (χ3v) is 3.53. The van der Waals surface area contributed by atoms with Crippen LogP contribution in [0.2, 0.25) is 0 Å². The lowest BCUT2D eigenvalue weighted by Crippen LogP contribution is -2.52. The molecule has 1 heterocycles. The maximum absolute atomic E-state index is 11.6. The van der Waals surface area contributed by atoms with Gasteiger partial charge in [0.2, 0.25) is 0 Å². The molecule has 0 bridgehead atoms. The highest BCUT2D eigenvalue weighted by Crippen LogP contribution is 2.30. The molecule has 0 amide bonds. The van der Waals surface area contributed by atoms with Gasteiger partial charge in [-0.3, -0.25) is 9.78 Å². The van der Waals surface area contributed by atoms with Crippen LogP contribution in [0.3, 0.4) is 0 Å². The predicted molar refractivity (Wildman–Crippen MR) is 77.4 cm³/mol. The van der Waals surface area contributed by atoms with Gasteiger partial charge in [0, 0.05) is 25.1 Å². The summed E-state index contributed by atoms with van der Waals surface area (Å²) in [5.41, 5.74) is 0.873. The molecule has 0 N–H and O–H groups in total. The van der Waals surface area contributed by atoms with Crippen LogP contribution in [0.5, 0.6) is 5.75 Å². The number of hydrogen-bond donors (Lipinski definition) is 0. The van der Waals surface area contributed by atoms with E-state index in [9.17, 15) is 4.79 Å². The maximum Gasteiger partial charge on any atom is 0.169 e. The third-order valence-electron chi connectivity index (χ3n) is 3.53. The molecular weight excluding hydrogens is 270 g/mol. The standard InChI is InChI=1S/C16H17NO4/c1-19-8-9-20-16-13(18)10-15(16)21-14-6-2-5-12-11(14)4-3-7-17-12/h2-7,15-16H,8-10H2,1H3. The van der Waals surface area contributed by atoms with E-state index in [1.54, 1.807) is 13.3 Å². The van der Waals surface area contributed by atoms with Gasteiger partial charge in [-0.15, -0.1) is 0 Å². The molecule has 1 aromatic heterocycles. The van der Waals surface area contributed by atoms with Gasteiger partial charge in [-0.1, -0.05) is 6.07 Å². The molecule has 110 valence electrons. The minimum absolute atomic E-state index is 0.0782. The highest BCUT2D eigenvalue weighted by Gasteiger charge is 2.42. The lowest BCUT2D eigenvalue weighted by molar-refractivity contribution is -0.156. The molecule has 2 atom stereocenters. The first-order valence-corrected chi connectivity index (χ1v) is 6.93. The van der Waals surface area contributed by atoms with Crippen LogP contribution in [-0.4, -0.2) is 43.3 Å². The van der Waals surface area contributed by atoms with Crippen molar-refractivity contribution >= 4 is 16.7 Å². The average Bonchev–Trinajstić information content (AvgIpc) is 2.51. The number of fused-ring (bicyclic) bond motifs is 1. The largest absolute Gasteiger partial charge is 0.486 e. The topological polar surface area (TPSA) is 57.7 Å². The van der Waals surface area contributed by atoms with Crippen molar-refractivity contribution in [2.24, 2.45) is 0 Å². The van der Waals surface area contributed by atoms with E-state index >= 15 is 0 Å². The van der Waals surface area contributed by atoms with E-state index in [1.165, 1.54) is 0 Å². The second kappa shape index (κ2) is 6.20. The van der Waals surface area contributed by atoms with E-state index in [4.69, 9.17) is 14.2 Å². The van der Waals surface area contributed by atoms with E-state index in [0.717, 1.165) is 16.7 Å². The van der Waals surface area contributed by atoms with Crippen LogP contribution in [0.15, 0.2) is 36.5 Å². The quantitative estimate of drug-likeness (QED) is 0.760. The van der Waals surface area contributed by atoms with Gasteiger partial charge in [0.25, 0.3) is 0 Å². The van der Waals surface area contributed by atoms with Crippen LogP contribution < -0.4 is 4.74 Å². The highest BCUT2D eigenvalue weighted by molar-refractivity contribution is 5.91. The number of carbonyl (C=O) groups is 1. The summed E-state index contributed by atoms with van der Waals surface area (Å²) in [6.45, 7) is 0.860. The number of pyridine rings is 1. The minimum atomic E-state index is -0.493. The van der Waals surface area contributed by atoms with Gasteiger partial charge in [0.15, 0.2) is 11.9 Å². The summed E-state index contributed by atoms with van der Waals surface area (Å²) >= 11 is 0. The average molecular weight is 287 g/mol. The monoisotopic (exact) mass is 287 g/mol. The van der Waals surface area contributed by atoms with Crippen molar-refractivity contribution < 1.29 is 19.0 Å².